The van der Waals surface area contributed by atoms with Crippen LogP contribution in [0.1, 0.15) is 31.1 Å². The van der Waals surface area contributed by atoms with Crippen molar-refractivity contribution >= 4 is 35.2 Å². The maximum atomic E-state index is 12.9. The third-order valence-corrected chi connectivity index (χ3v) is 3.23. The van der Waals surface area contributed by atoms with Crippen LogP contribution in [-0.2, 0) is 23.9 Å². The minimum atomic E-state index is -2.61. The first-order chi connectivity index (χ1) is 11.3. The van der Waals surface area contributed by atoms with E-state index < -0.39 is 29.2 Å². The second-order valence-corrected chi connectivity index (χ2v) is 5.14. The lowest BCUT2D eigenvalue weighted by molar-refractivity contribution is -0.164. The molecule has 0 aromatic heterocycles. The van der Waals surface area contributed by atoms with Crippen molar-refractivity contribution in [3.63, 3.8) is 0 Å². The summed E-state index contributed by atoms with van der Waals surface area (Å²) in [4.78, 5) is 49.3. The van der Waals surface area contributed by atoms with Crippen LogP contribution in [-0.4, -0.2) is 42.4 Å². The first-order valence-corrected chi connectivity index (χ1v) is 7.60. The minimum absolute atomic E-state index is 0.00532. The Morgan fingerprint density at radius 3 is 1.83 bits per heavy atom. The highest BCUT2D eigenvalue weighted by Gasteiger charge is 2.57. The number of rotatable bonds is 7. The van der Waals surface area contributed by atoms with Crippen LogP contribution in [0.4, 0.5) is 0 Å². The first kappa shape index (κ1) is 19.6. The van der Waals surface area contributed by atoms with Crippen molar-refractivity contribution in [2.75, 3.05) is 13.2 Å². The van der Waals surface area contributed by atoms with Gasteiger partial charge in [-0.3, -0.25) is 9.59 Å². The van der Waals surface area contributed by atoms with Crippen molar-refractivity contribution in [2.24, 2.45) is 0 Å². The molecule has 0 aliphatic carbocycles. The number of halogens is 1. The summed E-state index contributed by atoms with van der Waals surface area (Å²) < 4.78 is 9.68. The first-order valence-electron chi connectivity index (χ1n) is 7.23. The van der Waals surface area contributed by atoms with Crippen LogP contribution in [0.2, 0.25) is 5.02 Å². The number of ether oxygens (including phenoxy) is 2. The number of esters is 2. The lowest BCUT2D eigenvalue weighted by atomic mass is 9.88. The van der Waals surface area contributed by atoms with Crippen LogP contribution in [0, 0.1) is 0 Å². The fourth-order valence-electron chi connectivity index (χ4n) is 1.99. The molecule has 0 unspecified atom stereocenters. The molecule has 1 rings (SSSR count). The predicted octanol–water partition coefficient (Wildman–Crippen LogP) is 1.52. The standard InChI is InChI=1S/C16H18ClNO6/c1-4-23-14(21)16(18-10(3)19,15(22)24-5-2)13(20)11-6-8-12(17)9-7-11/h6-9H,4-5H2,1-3H3,(H,18,19). The van der Waals surface area contributed by atoms with E-state index in [2.05, 4.69) is 5.32 Å². The van der Waals surface area contributed by atoms with Crippen LogP contribution >= 0.6 is 11.6 Å². The van der Waals surface area contributed by atoms with Gasteiger partial charge < -0.3 is 14.8 Å². The number of carbonyl (C=O) groups is 4. The van der Waals surface area contributed by atoms with Crippen molar-refractivity contribution in [3.8, 4) is 0 Å². The Labute approximate surface area is 144 Å². The second-order valence-electron chi connectivity index (χ2n) is 4.71. The molecular weight excluding hydrogens is 338 g/mol. The summed E-state index contributed by atoms with van der Waals surface area (Å²) in [6.45, 7) is 3.91. The highest BCUT2D eigenvalue weighted by atomic mass is 35.5. The molecule has 24 heavy (non-hydrogen) atoms. The van der Waals surface area contributed by atoms with Gasteiger partial charge in [0.15, 0.2) is 0 Å². The third kappa shape index (κ3) is 4.11. The van der Waals surface area contributed by atoms with Gasteiger partial charge in [-0.1, -0.05) is 11.6 Å². The Hall–Kier alpha value is -2.41. The number of hydrogen-bond acceptors (Lipinski definition) is 6. The number of nitrogens with one attached hydrogen (secondary N) is 1. The maximum Gasteiger partial charge on any atom is 0.352 e. The molecule has 1 aromatic carbocycles. The van der Waals surface area contributed by atoms with Gasteiger partial charge in [-0.2, -0.15) is 0 Å². The molecule has 0 radical (unpaired) electrons. The molecule has 0 spiro atoms. The topological polar surface area (TPSA) is 98.8 Å². The van der Waals surface area contributed by atoms with Gasteiger partial charge >= 0.3 is 11.9 Å². The zero-order chi connectivity index (χ0) is 18.3. The molecule has 1 amide bonds. The van der Waals surface area contributed by atoms with Crippen molar-refractivity contribution in [1.29, 1.82) is 0 Å². The summed E-state index contributed by atoms with van der Waals surface area (Å²) in [6, 6.07) is 5.51. The van der Waals surface area contributed by atoms with E-state index in [-0.39, 0.29) is 18.8 Å². The van der Waals surface area contributed by atoms with Gasteiger partial charge in [-0.15, -0.1) is 0 Å². The molecule has 130 valence electrons. The lowest BCUT2D eigenvalue weighted by Gasteiger charge is -2.28. The highest BCUT2D eigenvalue weighted by Crippen LogP contribution is 2.20. The highest BCUT2D eigenvalue weighted by molar-refractivity contribution is 6.32. The minimum Gasteiger partial charge on any atom is -0.463 e. The number of ketones is 1. The van der Waals surface area contributed by atoms with Crippen LogP contribution in [0.5, 0.6) is 0 Å². The van der Waals surface area contributed by atoms with E-state index in [0.29, 0.717) is 5.02 Å². The summed E-state index contributed by atoms with van der Waals surface area (Å²) in [5.41, 5.74) is -2.61. The molecule has 7 nitrogen and oxygen atoms in total. The Morgan fingerprint density at radius 1 is 1.00 bits per heavy atom. The van der Waals surface area contributed by atoms with Gasteiger partial charge in [0.25, 0.3) is 5.54 Å². The van der Waals surface area contributed by atoms with E-state index in [1.165, 1.54) is 38.1 Å². The van der Waals surface area contributed by atoms with E-state index in [1.54, 1.807) is 0 Å². The van der Waals surface area contributed by atoms with Crippen LogP contribution in [0.3, 0.4) is 0 Å². The number of amides is 1. The van der Waals surface area contributed by atoms with Crippen molar-refractivity contribution in [3.05, 3.63) is 34.9 Å². The smallest absolute Gasteiger partial charge is 0.352 e. The van der Waals surface area contributed by atoms with Gasteiger partial charge in [0.1, 0.15) is 0 Å². The van der Waals surface area contributed by atoms with Crippen LogP contribution in [0.25, 0.3) is 0 Å². The fourth-order valence-corrected chi connectivity index (χ4v) is 2.11. The quantitative estimate of drug-likeness (QED) is 0.452. The molecule has 8 heteroatoms. The Balaban J connectivity index is 3.49. The molecular formula is C16H18ClNO6. The number of hydrogen-bond donors (Lipinski definition) is 1. The SMILES string of the molecule is CCOC(=O)C(NC(C)=O)(C(=O)OCC)C(=O)c1ccc(Cl)cc1. The molecule has 0 heterocycles. The van der Waals surface area contributed by atoms with Crippen LogP contribution in [0.15, 0.2) is 24.3 Å². The Kier molecular flexibility index (Phi) is 6.91. The molecule has 1 aromatic rings. The summed E-state index contributed by atoms with van der Waals surface area (Å²) in [7, 11) is 0. The molecule has 0 atom stereocenters. The van der Waals surface area contributed by atoms with Gasteiger partial charge in [0.2, 0.25) is 11.7 Å². The van der Waals surface area contributed by atoms with Crippen molar-refractivity contribution in [1.82, 2.24) is 5.32 Å². The maximum absolute atomic E-state index is 12.9. The van der Waals surface area contributed by atoms with E-state index in [4.69, 9.17) is 21.1 Å². The van der Waals surface area contributed by atoms with Crippen molar-refractivity contribution < 1.29 is 28.7 Å². The van der Waals surface area contributed by atoms with E-state index in [0.717, 1.165) is 6.92 Å². The molecule has 0 aliphatic rings. The van der Waals surface area contributed by atoms with Crippen LogP contribution < -0.4 is 5.32 Å². The van der Waals surface area contributed by atoms with Crippen molar-refractivity contribution in [2.45, 2.75) is 26.3 Å². The number of Topliss-reactive ketones (excluding diaryl/α,β-unsaturated/α-hetero) is 1. The average molecular weight is 356 g/mol. The molecule has 0 fully saturated rings. The zero-order valence-corrected chi connectivity index (χ0v) is 14.3. The van der Waals surface area contributed by atoms with Gasteiger partial charge in [-0.05, 0) is 38.1 Å². The normalized spacial score (nSPS) is 10.7. The largest absolute Gasteiger partial charge is 0.463 e. The monoisotopic (exact) mass is 355 g/mol. The van der Waals surface area contributed by atoms with E-state index in [9.17, 15) is 19.2 Å². The Bertz CT molecular complexity index is 622. The Morgan fingerprint density at radius 2 is 1.46 bits per heavy atom. The molecule has 0 saturated carbocycles. The van der Waals surface area contributed by atoms with E-state index in [1.807, 2.05) is 0 Å². The summed E-state index contributed by atoms with van der Waals surface area (Å²) in [5, 5.41) is 2.47. The third-order valence-electron chi connectivity index (χ3n) is 2.97. The molecule has 0 saturated heterocycles. The van der Waals surface area contributed by atoms with Gasteiger partial charge in [0.05, 0.1) is 13.2 Å². The molecule has 0 bridgehead atoms. The van der Waals surface area contributed by atoms with Gasteiger partial charge in [0, 0.05) is 17.5 Å². The fraction of sp³-hybridized carbons (Fsp3) is 0.375. The van der Waals surface area contributed by atoms with E-state index >= 15 is 0 Å². The summed E-state index contributed by atoms with van der Waals surface area (Å²) in [5.74, 6) is -4.15. The summed E-state index contributed by atoms with van der Waals surface area (Å²) >= 11 is 5.78. The number of benzene rings is 1. The molecule has 0 aliphatic heterocycles. The lowest BCUT2D eigenvalue weighted by Crippen LogP contribution is -2.66. The number of carbonyl (C=O) groups excluding carboxylic acids is 4. The second kappa shape index (κ2) is 8.44. The molecule has 1 N–H and O–H groups in total. The zero-order valence-electron chi connectivity index (χ0n) is 13.6. The summed E-state index contributed by atoms with van der Waals surface area (Å²) in [6.07, 6.45) is 0. The predicted molar refractivity (Wildman–Crippen MR) is 85.6 cm³/mol. The van der Waals surface area contributed by atoms with Gasteiger partial charge in [-0.25, -0.2) is 9.59 Å². The average Bonchev–Trinajstić information content (AvgIpc) is 2.52.